The minimum atomic E-state index is -2.47. The normalized spacial score (nSPS) is 17.6. The van der Waals surface area contributed by atoms with E-state index in [0.29, 0.717) is 18.2 Å². The van der Waals surface area contributed by atoms with Gasteiger partial charge in [-0.15, -0.1) is 24.0 Å². The topological polar surface area (TPSA) is 46.1 Å². The zero-order valence-electron chi connectivity index (χ0n) is 14.6. The maximum absolute atomic E-state index is 12.2. The number of benzene rings is 1. The van der Waals surface area contributed by atoms with Crippen LogP contribution < -0.4 is 10.1 Å². The van der Waals surface area contributed by atoms with Gasteiger partial charge < -0.3 is 19.7 Å². The van der Waals surface area contributed by atoms with Gasteiger partial charge in [0, 0.05) is 39.7 Å². The van der Waals surface area contributed by atoms with Crippen molar-refractivity contribution < 1.29 is 18.3 Å². The molecule has 1 heterocycles. The summed E-state index contributed by atoms with van der Waals surface area (Å²) in [6, 6.07) is 7.16. The molecule has 25 heavy (non-hydrogen) atoms. The van der Waals surface area contributed by atoms with Gasteiger partial charge in [0.1, 0.15) is 12.4 Å². The van der Waals surface area contributed by atoms with Crippen molar-refractivity contribution in [2.24, 2.45) is 10.9 Å². The fraction of sp³-hybridized carbons (Fsp3) is 0.588. The number of alkyl halides is 2. The number of nitrogens with zero attached hydrogens (tertiary/aromatic N) is 2. The quantitative estimate of drug-likeness (QED) is 0.379. The van der Waals surface area contributed by atoms with Crippen molar-refractivity contribution in [2.75, 3.05) is 40.5 Å². The zero-order valence-corrected chi connectivity index (χ0v) is 16.9. The van der Waals surface area contributed by atoms with Crippen LogP contribution in [0.25, 0.3) is 0 Å². The molecule has 0 spiro atoms. The number of rotatable bonds is 7. The maximum atomic E-state index is 12.2. The van der Waals surface area contributed by atoms with E-state index in [1.165, 1.54) is 0 Å². The number of methoxy groups -OCH3 is 1. The molecule has 1 fully saturated rings. The Morgan fingerprint density at radius 2 is 2.24 bits per heavy atom. The van der Waals surface area contributed by atoms with Gasteiger partial charge in [-0.2, -0.15) is 0 Å². The number of nitrogens with one attached hydrogen (secondary N) is 1. The molecule has 1 N–H and O–H groups in total. The van der Waals surface area contributed by atoms with Crippen LogP contribution in [0.3, 0.4) is 0 Å². The molecule has 1 unspecified atom stereocenters. The molecule has 0 radical (unpaired) electrons. The monoisotopic (exact) mass is 469 g/mol. The van der Waals surface area contributed by atoms with E-state index in [0.717, 1.165) is 37.6 Å². The largest absolute Gasteiger partial charge is 0.488 e. The lowest BCUT2D eigenvalue weighted by Gasteiger charge is -2.21. The van der Waals surface area contributed by atoms with Gasteiger partial charge in [0.05, 0.1) is 6.61 Å². The van der Waals surface area contributed by atoms with Gasteiger partial charge in [-0.25, -0.2) is 8.78 Å². The van der Waals surface area contributed by atoms with Crippen LogP contribution in [0.15, 0.2) is 29.3 Å². The summed E-state index contributed by atoms with van der Waals surface area (Å²) in [7, 11) is 3.48. The Labute approximate surface area is 164 Å². The summed E-state index contributed by atoms with van der Waals surface area (Å²) in [5.41, 5.74) is 0.954. The van der Waals surface area contributed by atoms with Crippen LogP contribution in [0, 0.1) is 5.92 Å². The Balaban J connectivity index is 0.00000312. The number of ether oxygens (including phenoxy) is 2. The van der Waals surface area contributed by atoms with Crippen LogP contribution in [0.4, 0.5) is 8.78 Å². The lowest BCUT2D eigenvalue weighted by molar-refractivity contribution is 0.0818. The van der Waals surface area contributed by atoms with E-state index in [1.807, 2.05) is 6.07 Å². The highest BCUT2D eigenvalue weighted by atomic mass is 127. The standard InChI is InChI=1S/C17H25F2N3O2.HI/c1-20-17(22-7-6-14(10-22)11-23-2)21-9-13-4-3-5-15(8-13)24-12-16(18)19;/h3-5,8,14,16H,6-7,9-12H2,1-2H3,(H,20,21);1H. The smallest absolute Gasteiger partial charge is 0.272 e. The molecular formula is C17H26F2IN3O2. The van der Waals surface area contributed by atoms with Crippen molar-refractivity contribution in [3.05, 3.63) is 29.8 Å². The van der Waals surface area contributed by atoms with Gasteiger partial charge in [-0.3, -0.25) is 4.99 Å². The van der Waals surface area contributed by atoms with Crippen LogP contribution in [0.5, 0.6) is 5.75 Å². The molecule has 5 nitrogen and oxygen atoms in total. The number of hydrogen-bond donors (Lipinski definition) is 1. The highest BCUT2D eigenvalue weighted by molar-refractivity contribution is 14.0. The molecule has 1 aromatic carbocycles. The fourth-order valence-corrected chi connectivity index (χ4v) is 2.81. The van der Waals surface area contributed by atoms with E-state index >= 15 is 0 Å². The van der Waals surface area contributed by atoms with Gasteiger partial charge in [-0.05, 0) is 24.1 Å². The minimum absolute atomic E-state index is 0. The van der Waals surface area contributed by atoms with Gasteiger partial charge >= 0.3 is 0 Å². The first-order valence-electron chi connectivity index (χ1n) is 8.06. The molecule has 142 valence electrons. The fourth-order valence-electron chi connectivity index (χ4n) is 2.81. The van der Waals surface area contributed by atoms with Crippen LogP contribution in [-0.2, 0) is 11.3 Å². The van der Waals surface area contributed by atoms with Crippen molar-refractivity contribution in [1.29, 1.82) is 0 Å². The first-order valence-corrected chi connectivity index (χ1v) is 8.06. The Morgan fingerprint density at radius 1 is 1.44 bits per heavy atom. The highest BCUT2D eigenvalue weighted by Crippen LogP contribution is 2.17. The average Bonchev–Trinajstić information content (AvgIpc) is 3.03. The molecule has 0 bridgehead atoms. The van der Waals surface area contributed by atoms with Crippen molar-refractivity contribution in [1.82, 2.24) is 10.2 Å². The van der Waals surface area contributed by atoms with Crippen LogP contribution in [-0.4, -0.2) is 57.7 Å². The number of hydrogen-bond acceptors (Lipinski definition) is 3. The Kier molecular flexibility index (Phi) is 10.0. The summed E-state index contributed by atoms with van der Waals surface area (Å²) >= 11 is 0. The lowest BCUT2D eigenvalue weighted by atomic mass is 10.1. The van der Waals surface area contributed by atoms with E-state index < -0.39 is 13.0 Å². The second-order valence-corrected chi connectivity index (χ2v) is 5.81. The predicted molar refractivity (Wildman–Crippen MR) is 105 cm³/mol. The minimum Gasteiger partial charge on any atom is -0.488 e. The maximum Gasteiger partial charge on any atom is 0.272 e. The molecular weight excluding hydrogens is 443 g/mol. The SMILES string of the molecule is CN=C(NCc1cccc(OCC(F)F)c1)N1CCC(COC)C1.I. The molecule has 8 heteroatoms. The summed E-state index contributed by atoms with van der Waals surface area (Å²) in [6.45, 7) is 2.60. The van der Waals surface area contributed by atoms with E-state index in [-0.39, 0.29) is 24.0 Å². The average molecular weight is 469 g/mol. The van der Waals surface area contributed by atoms with E-state index in [9.17, 15) is 8.78 Å². The third-order valence-corrected chi connectivity index (χ3v) is 3.92. The lowest BCUT2D eigenvalue weighted by Crippen LogP contribution is -2.39. The molecule has 1 saturated heterocycles. The summed E-state index contributed by atoms with van der Waals surface area (Å²) in [5.74, 6) is 1.82. The van der Waals surface area contributed by atoms with Gasteiger partial charge in [0.2, 0.25) is 0 Å². The van der Waals surface area contributed by atoms with Crippen molar-refractivity contribution in [2.45, 2.75) is 19.4 Å². The van der Waals surface area contributed by atoms with Crippen LogP contribution in [0.1, 0.15) is 12.0 Å². The van der Waals surface area contributed by atoms with Crippen molar-refractivity contribution >= 4 is 29.9 Å². The molecule has 0 saturated carbocycles. The number of halogens is 3. The summed E-state index contributed by atoms with van der Waals surface area (Å²) < 4.78 is 34.7. The first-order chi connectivity index (χ1) is 11.6. The molecule has 1 aliphatic heterocycles. The molecule has 0 aliphatic carbocycles. The predicted octanol–water partition coefficient (Wildman–Crippen LogP) is 2.99. The molecule has 1 aliphatic rings. The first kappa shape index (κ1) is 21.9. The molecule has 1 aromatic rings. The van der Waals surface area contributed by atoms with E-state index in [2.05, 4.69) is 15.2 Å². The second-order valence-electron chi connectivity index (χ2n) is 5.81. The Hall–Kier alpha value is -1.16. The van der Waals surface area contributed by atoms with Gasteiger partial charge in [0.15, 0.2) is 5.96 Å². The van der Waals surface area contributed by atoms with Crippen LogP contribution in [0.2, 0.25) is 0 Å². The molecule has 0 amide bonds. The number of likely N-dealkylation sites (tertiary alicyclic amines) is 1. The second kappa shape index (κ2) is 11.5. The summed E-state index contributed by atoms with van der Waals surface area (Å²) in [5, 5.41) is 3.31. The van der Waals surface area contributed by atoms with E-state index in [1.54, 1.807) is 32.4 Å². The van der Waals surface area contributed by atoms with Crippen molar-refractivity contribution in [3.8, 4) is 5.75 Å². The Bertz CT molecular complexity index is 546. The summed E-state index contributed by atoms with van der Waals surface area (Å²) in [6.07, 6.45) is -1.38. The number of guanidine groups is 1. The molecule has 1 atom stereocenters. The molecule has 2 rings (SSSR count). The summed E-state index contributed by atoms with van der Waals surface area (Å²) in [4.78, 5) is 6.53. The third-order valence-electron chi connectivity index (χ3n) is 3.92. The number of aliphatic imine (C=N–C) groups is 1. The Morgan fingerprint density at radius 3 is 2.92 bits per heavy atom. The van der Waals surface area contributed by atoms with Crippen LogP contribution >= 0.6 is 24.0 Å². The van der Waals surface area contributed by atoms with E-state index in [4.69, 9.17) is 9.47 Å². The van der Waals surface area contributed by atoms with Crippen molar-refractivity contribution in [3.63, 3.8) is 0 Å². The zero-order chi connectivity index (χ0) is 17.4. The van der Waals surface area contributed by atoms with Gasteiger partial charge in [-0.1, -0.05) is 12.1 Å². The molecule has 0 aromatic heterocycles. The third kappa shape index (κ3) is 7.31. The highest BCUT2D eigenvalue weighted by Gasteiger charge is 2.24. The van der Waals surface area contributed by atoms with Gasteiger partial charge in [0.25, 0.3) is 6.43 Å².